The number of nitrogens with one attached hydrogen (secondary N) is 1. The Morgan fingerprint density at radius 1 is 1.64 bits per heavy atom. The highest BCUT2D eigenvalue weighted by Crippen LogP contribution is 2.19. The first-order valence-corrected chi connectivity index (χ1v) is 4.70. The van der Waals surface area contributed by atoms with E-state index < -0.39 is 0 Å². The van der Waals surface area contributed by atoms with Crippen molar-refractivity contribution in [3.8, 4) is 6.07 Å². The Kier molecular flexibility index (Phi) is 3.75. The molecule has 0 heterocycles. The Labute approximate surface area is 88.5 Å². The number of benzene rings is 1. The monoisotopic (exact) mass is 209 g/mol. The van der Waals surface area contributed by atoms with E-state index in [-0.39, 0.29) is 6.04 Å². The fourth-order valence-electron chi connectivity index (χ4n) is 1.03. The van der Waals surface area contributed by atoms with Crippen LogP contribution in [0.1, 0.15) is 12.5 Å². The molecule has 0 fully saturated rings. The van der Waals surface area contributed by atoms with E-state index in [1.54, 1.807) is 18.2 Å². The second-order valence-corrected chi connectivity index (χ2v) is 3.60. The van der Waals surface area contributed by atoms with Crippen molar-refractivity contribution >= 4 is 17.3 Å². The van der Waals surface area contributed by atoms with Crippen LogP contribution in [0.15, 0.2) is 18.2 Å². The van der Waals surface area contributed by atoms with Crippen LogP contribution in [0.4, 0.5) is 5.69 Å². The summed E-state index contributed by atoms with van der Waals surface area (Å²) in [6.07, 6.45) is 0. The van der Waals surface area contributed by atoms with Gasteiger partial charge < -0.3 is 11.1 Å². The maximum atomic E-state index is 8.83. The molecule has 0 spiro atoms. The second-order valence-electron chi connectivity index (χ2n) is 3.16. The first kappa shape index (κ1) is 10.8. The average Bonchev–Trinajstić information content (AvgIpc) is 2.15. The minimum Gasteiger partial charge on any atom is -0.382 e. The highest BCUT2D eigenvalue weighted by atomic mass is 35.5. The Bertz CT molecular complexity index is 355. The highest BCUT2D eigenvalue weighted by molar-refractivity contribution is 6.30. The third kappa shape index (κ3) is 2.91. The summed E-state index contributed by atoms with van der Waals surface area (Å²) < 4.78 is 0. The van der Waals surface area contributed by atoms with Gasteiger partial charge in [0.2, 0.25) is 0 Å². The molecule has 0 radical (unpaired) electrons. The van der Waals surface area contributed by atoms with Gasteiger partial charge in [0, 0.05) is 17.6 Å². The Morgan fingerprint density at radius 2 is 2.36 bits per heavy atom. The molecule has 1 atom stereocenters. The molecular weight excluding hydrogens is 198 g/mol. The van der Waals surface area contributed by atoms with Crippen molar-refractivity contribution in [2.75, 3.05) is 11.9 Å². The summed E-state index contributed by atoms with van der Waals surface area (Å²) in [5.41, 5.74) is 6.90. The van der Waals surface area contributed by atoms with Crippen molar-refractivity contribution in [3.63, 3.8) is 0 Å². The van der Waals surface area contributed by atoms with E-state index in [2.05, 4.69) is 11.4 Å². The van der Waals surface area contributed by atoms with E-state index in [0.29, 0.717) is 17.1 Å². The van der Waals surface area contributed by atoms with Crippen molar-refractivity contribution < 1.29 is 0 Å². The van der Waals surface area contributed by atoms with Crippen molar-refractivity contribution in [2.24, 2.45) is 5.73 Å². The largest absolute Gasteiger partial charge is 0.382 e. The summed E-state index contributed by atoms with van der Waals surface area (Å²) in [4.78, 5) is 0. The number of hydrogen-bond acceptors (Lipinski definition) is 3. The first-order chi connectivity index (χ1) is 6.63. The SMILES string of the molecule is CC(N)CNc1ccc(Cl)cc1C#N. The van der Waals surface area contributed by atoms with Gasteiger partial charge in [-0.2, -0.15) is 5.26 Å². The smallest absolute Gasteiger partial charge is 0.101 e. The number of anilines is 1. The molecule has 0 amide bonds. The van der Waals surface area contributed by atoms with Crippen LogP contribution in [0.5, 0.6) is 0 Å². The molecule has 1 unspecified atom stereocenters. The quantitative estimate of drug-likeness (QED) is 0.800. The zero-order valence-electron chi connectivity index (χ0n) is 7.92. The fourth-order valence-corrected chi connectivity index (χ4v) is 1.21. The molecule has 0 aliphatic heterocycles. The van der Waals surface area contributed by atoms with Gasteiger partial charge in [-0.3, -0.25) is 0 Å². The van der Waals surface area contributed by atoms with Gasteiger partial charge in [-0.05, 0) is 25.1 Å². The first-order valence-electron chi connectivity index (χ1n) is 4.32. The number of nitrogens with zero attached hydrogens (tertiary/aromatic N) is 1. The van der Waals surface area contributed by atoms with Gasteiger partial charge in [0.05, 0.1) is 11.3 Å². The fraction of sp³-hybridized carbons (Fsp3) is 0.300. The molecule has 14 heavy (non-hydrogen) atoms. The molecule has 3 N–H and O–H groups in total. The van der Waals surface area contributed by atoms with Crippen LogP contribution in [0, 0.1) is 11.3 Å². The predicted octanol–water partition coefficient (Wildman–Crippen LogP) is 1.97. The zero-order valence-corrected chi connectivity index (χ0v) is 8.67. The maximum Gasteiger partial charge on any atom is 0.101 e. The van der Waals surface area contributed by atoms with Crippen LogP contribution >= 0.6 is 11.6 Å². The number of rotatable bonds is 3. The standard InChI is InChI=1S/C10H12ClN3/c1-7(13)6-14-10-3-2-9(11)4-8(10)5-12/h2-4,7,14H,6,13H2,1H3. The average molecular weight is 210 g/mol. The maximum absolute atomic E-state index is 8.83. The van der Waals surface area contributed by atoms with Gasteiger partial charge in [0.15, 0.2) is 0 Å². The predicted molar refractivity (Wildman–Crippen MR) is 58.3 cm³/mol. The van der Waals surface area contributed by atoms with E-state index in [1.807, 2.05) is 6.92 Å². The lowest BCUT2D eigenvalue weighted by molar-refractivity contribution is 0.780. The third-order valence-corrected chi connectivity index (χ3v) is 1.95. The number of nitriles is 1. The van der Waals surface area contributed by atoms with Crippen molar-refractivity contribution in [1.29, 1.82) is 5.26 Å². The molecule has 3 nitrogen and oxygen atoms in total. The van der Waals surface area contributed by atoms with Gasteiger partial charge in [0.1, 0.15) is 6.07 Å². The molecular formula is C10H12ClN3. The number of hydrogen-bond donors (Lipinski definition) is 2. The van der Waals surface area contributed by atoms with E-state index in [1.165, 1.54) is 0 Å². The second kappa shape index (κ2) is 4.85. The number of nitrogens with two attached hydrogens (primary N) is 1. The van der Waals surface area contributed by atoms with Gasteiger partial charge >= 0.3 is 0 Å². The summed E-state index contributed by atoms with van der Waals surface area (Å²) in [6.45, 7) is 2.53. The molecule has 0 aliphatic rings. The molecule has 1 rings (SSSR count). The summed E-state index contributed by atoms with van der Waals surface area (Å²) in [6, 6.07) is 7.28. The zero-order chi connectivity index (χ0) is 10.6. The Balaban J connectivity index is 2.82. The summed E-state index contributed by atoms with van der Waals surface area (Å²) in [5, 5.41) is 12.5. The van der Waals surface area contributed by atoms with E-state index in [4.69, 9.17) is 22.6 Å². The van der Waals surface area contributed by atoms with Gasteiger partial charge in [-0.25, -0.2) is 0 Å². The van der Waals surface area contributed by atoms with Crippen molar-refractivity contribution in [1.82, 2.24) is 0 Å². The molecule has 0 aromatic heterocycles. The van der Waals surface area contributed by atoms with Crippen LogP contribution in [0.2, 0.25) is 5.02 Å². The molecule has 0 saturated carbocycles. The lowest BCUT2D eigenvalue weighted by Crippen LogP contribution is -2.25. The molecule has 0 saturated heterocycles. The van der Waals surface area contributed by atoms with Crippen LogP contribution in [0.3, 0.4) is 0 Å². The summed E-state index contributed by atoms with van der Waals surface area (Å²) in [7, 11) is 0. The number of halogens is 1. The van der Waals surface area contributed by atoms with Crippen LogP contribution < -0.4 is 11.1 Å². The molecule has 1 aromatic rings. The van der Waals surface area contributed by atoms with Crippen LogP contribution in [-0.4, -0.2) is 12.6 Å². The minimum absolute atomic E-state index is 0.0530. The molecule has 0 aliphatic carbocycles. The van der Waals surface area contributed by atoms with E-state index in [9.17, 15) is 0 Å². The molecule has 1 aromatic carbocycles. The van der Waals surface area contributed by atoms with E-state index >= 15 is 0 Å². The topological polar surface area (TPSA) is 61.8 Å². The Morgan fingerprint density at radius 3 is 2.93 bits per heavy atom. The molecule has 74 valence electrons. The van der Waals surface area contributed by atoms with Crippen molar-refractivity contribution in [3.05, 3.63) is 28.8 Å². The lowest BCUT2D eigenvalue weighted by atomic mass is 10.2. The normalized spacial score (nSPS) is 11.9. The van der Waals surface area contributed by atoms with Gasteiger partial charge in [-0.15, -0.1) is 0 Å². The van der Waals surface area contributed by atoms with Crippen molar-refractivity contribution in [2.45, 2.75) is 13.0 Å². The van der Waals surface area contributed by atoms with Gasteiger partial charge in [-0.1, -0.05) is 11.6 Å². The van der Waals surface area contributed by atoms with Crippen LogP contribution in [0.25, 0.3) is 0 Å². The molecule has 0 bridgehead atoms. The van der Waals surface area contributed by atoms with Crippen LogP contribution in [-0.2, 0) is 0 Å². The lowest BCUT2D eigenvalue weighted by Gasteiger charge is -2.10. The minimum atomic E-state index is 0.0530. The highest BCUT2D eigenvalue weighted by Gasteiger charge is 2.02. The third-order valence-electron chi connectivity index (χ3n) is 1.72. The van der Waals surface area contributed by atoms with E-state index in [0.717, 1.165) is 5.69 Å². The van der Waals surface area contributed by atoms with Gasteiger partial charge in [0.25, 0.3) is 0 Å². The summed E-state index contributed by atoms with van der Waals surface area (Å²) >= 11 is 5.75. The Hall–Kier alpha value is -1.24. The summed E-state index contributed by atoms with van der Waals surface area (Å²) in [5.74, 6) is 0. The molecule has 4 heteroatoms.